The van der Waals surface area contributed by atoms with Crippen LogP contribution < -0.4 is 0 Å². The summed E-state index contributed by atoms with van der Waals surface area (Å²) in [7, 11) is 1.73. The fraction of sp³-hybridized carbons (Fsp3) is 1.00. The highest BCUT2D eigenvalue weighted by Crippen LogP contribution is 2.19. The Morgan fingerprint density at radius 3 is 2.04 bits per heavy atom. The highest BCUT2D eigenvalue weighted by atomic mass is 35.5. The predicted molar refractivity (Wildman–Crippen MR) is 91.9 cm³/mol. The van der Waals surface area contributed by atoms with Crippen molar-refractivity contribution in [2.45, 2.75) is 69.3 Å². The fourth-order valence-corrected chi connectivity index (χ4v) is 3.08. The zero-order chi connectivity index (χ0) is 16.4. The van der Waals surface area contributed by atoms with Gasteiger partial charge < -0.3 is 25.2 Å². The smallest absolute Gasteiger partial charge is 0.109 e. The van der Waals surface area contributed by atoms with Crippen molar-refractivity contribution in [3.63, 3.8) is 0 Å². The van der Waals surface area contributed by atoms with Gasteiger partial charge in [0.05, 0.1) is 18.8 Å². The third kappa shape index (κ3) is 8.12. The number of aliphatic hydroxyl groups excluding tert-OH is 4. The molecule has 7 heteroatoms. The second-order valence-corrected chi connectivity index (χ2v) is 6.26. The van der Waals surface area contributed by atoms with Gasteiger partial charge in [-0.25, -0.2) is 0 Å². The van der Waals surface area contributed by atoms with Gasteiger partial charge in [0, 0.05) is 20.3 Å². The van der Waals surface area contributed by atoms with Crippen LogP contribution in [0.1, 0.15) is 44.9 Å². The topological polar surface area (TPSA) is 93.4 Å². The lowest BCUT2D eigenvalue weighted by molar-refractivity contribution is -0.145. The molecule has 1 heterocycles. The Balaban J connectivity index is 0.00000484. The minimum absolute atomic E-state index is 0. The Morgan fingerprint density at radius 1 is 0.913 bits per heavy atom. The highest BCUT2D eigenvalue weighted by Gasteiger charge is 2.40. The van der Waals surface area contributed by atoms with Gasteiger partial charge in [0.15, 0.2) is 0 Å². The van der Waals surface area contributed by atoms with Crippen molar-refractivity contribution in [2.75, 3.05) is 33.4 Å². The normalized spacial score (nSPS) is 28.6. The van der Waals surface area contributed by atoms with Gasteiger partial charge in [0.25, 0.3) is 0 Å². The van der Waals surface area contributed by atoms with E-state index in [4.69, 9.17) is 4.74 Å². The van der Waals surface area contributed by atoms with Crippen molar-refractivity contribution in [3.8, 4) is 0 Å². The van der Waals surface area contributed by atoms with E-state index < -0.39 is 24.4 Å². The Hall–Kier alpha value is 0.0500. The van der Waals surface area contributed by atoms with Crippen LogP contribution >= 0.6 is 12.4 Å². The molecule has 0 amide bonds. The van der Waals surface area contributed by atoms with E-state index in [1.165, 1.54) is 25.7 Å². The lowest BCUT2D eigenvalue weighted by Gasteiger charge is -2.43. The van der Waals surface area contributed by atoms with Crippen LogP contribution in [0, 0.1) is 0 Å². The monoisotopic (exact) mass is 355 g/mol. The summed E-state index contributed by atoms with van der Waals surface area (Å²) in [4.78, 5) is 1.89. The van der Waals surface area contributed by atoms with Crippen molar-refractivity contribution in [3.05, 3.63) is 0 Å². The van der Waals surface area contributed by atoms with Gasteiger partial charge in [-0.1, -0.05) is 32.1 Å². The van der Waals surface area contributed by atoms with E-state index >= 15 is 0 Å². The van der Waals surface area contributed by atoms with Crippen molar-refractivity contribution in [1.82, 2.24) is 4.90 Å². The lowest BCUT2D eigenvalue weighted by atomic mass is 9.94. The van der Waals surface area contributed by atoms with Crippen LogP contribution in [0.5, 0.6) is 0 Å². The molecule has 1 fully saturated rings. The summed E-state index contributed by atoms with van der Waals surface area (Å²) in [5.41, 5.74) is 0. The number of hydrogen-bond donors (Lipinski definition) is 4. The lowest BCUT2D eigenvalue weighted by Crippen LogP contribution is -2.62. The Kier molecular flexibility index (Phi) is 13.4. The minimum Gasteiger partial charge on any atom is -0.395 e. The van der Waals surface area contributed by atoms with E-state index in [2.05, 4.69) is 0 Å². The Morgan fingerprint density at radius 2 is 1.48 bits per heavy atom. The molecule has 0 aromatic rings. The molecule has 0 spiro atoms. The van der Waals surface area contributed by atoms with Gasteiger partial charge in [-0.15, -0.1) is 12.4 Å². The SMILES string of the molecule is COCCCCCCCCCN1C[C@@H](O)[C@H](O)[C@@H](O)[C@@H]1CO.Cl. The molecule has 1 rings (SSSR count). The van der Waals surface area contributed by atoms with E-state index in [0.29, 0.717) is 6.54 Å². The molecule has 0 unspecified atom stereocenters. The summed E-state index contributed by atoms with van der Waals surface area (Å²) in [6.07, 6.45) is 4.85. The van der Waals surface area contributed by atoms with Gasteiger partial charge >= 0.3 is 0 Å². The summed E-state index contributed by atoms with van der Waals surface area (Å²) in [6.45, 7) is 1.68. The predicted octanol–water partition coefficient (Wildman–Crippen LogP) is 0.544. The second-order valence-electron chi connectivity index (χ2n) is 6.26. The molecular weight excluding hydrogens is 322 g/mol. The summed E-state index contributed by atoms with van der Waals surface area (Å²) in [5, 5.41) is 38.7. The first-order valence-corrected chi connectivity index (χ1v) is 8.49. The van der Waals surface area contributed by atoms with Crippen LogP contribution in [0.2, 0.25) is 0 Å². The first-order valence-electron chi connectivity index (χ1n) is 8.49. The Bertz CT molecular complexity index is 285. The zero-order valence-electron chi connectivity index (χ0n) is 14.1. The molecule has 0 aromatic heterocycles. The van der Waals surface area contributed by atoms with Gasteiger partial charge in [-0.05, 0) is 19.4 Å². The third-order valence-electron chi connectivity index (χ3n) is 4.51. The van der Waals surface area contributed by atoms with Crippen LogP contribution in [-0.2, 0) is 4.74 Å². The molecular formula is C16H34ClNO5. The van der Waals surface area contributed by atoms with Crippen LogP contribution in [0.3, 0.4) is 0 Å². The number of β-amino-alcohol motifs (C(OH)–C–C–N with tert-alkyl or cyclic N) is 1. The summed E-state index contributed by atoms with van der Waals surface area (Å²) < 4.78 is 5.02. The van der Waals surface area contributed by atoms with Crippen LogP contribution in [0.15, 0.2) is 0 Å². The van der Waals surface area contributed by atoms with Gasteiger partial charge in [0.2, 0.25) is 0 Å². The molecule has 1 aliphatic heterocycles. The number of unbranched alkanes of at least 4 members (excludes halogenated alkanes) is 6. The minimum atomic E-state index is -1.17. The average Bonchev–Trinajstić information content (AvgIpc) is 2.51. The van der Waals surface area contributed by atoms with E-state index in [0.717, 1.165) is 32.4 Å². The number of nitrogens with zero attached hydrogens (tertiary/aromatic N) is 1. The first-order chi connectivity index (χ1) is 10.6. The average molecular weight is 356 g/mol. The zero-order valence-corrected chi connectivity index (χ0v) is 15.0. The van der Waals surface area contributed by atoms with Gasteiger partial charge in [-0.3, -0.25) is 4.90 Å². The van der Waals surface area contributed by atoms with Crippen LogP contribution in [0.4, 0.5) is 0 Å². The second kappa shape index (κ2) is 13.4. The van der Waals surface area contributed by atoms with Crippen LogP contribution in [-0.4, -0.2) is 83.1 Å². The molecule has 0 bridgehead atoms. The number of likely N-dealkylation sites (tertiary alicyclic amines) is 1. The molecule has 1 saturated heterocycles. The molecule has 0 saturated carbocycles. The summed E-state index contributed by atoms with van der Waals surface area (Å²) in [5.74, 6) is 0. The van der Waals surface area contributed by atoms with Crippen molar-refractivity contribution in [2.24, 2.45) is 0 Å². The number of aliphatic hydroxyl groups is 4. The van der Waals surface area contributed by atoms with E-state index in [9.17, 15) is 20.4 Å². The molecule has 1 aliphatic rings. The number of hydrogen-bond acceptors (Lipinski definition) is 6. The van der Waals surface area contributed by atoms with E-state index in [1.54, 1.807) is 7.11 Å². The van der Waals surface area contributed by atoms with Gasteiger partial charge in [-0.2, -0.15) is 0 Å². The molecule has 4 atom stereocenters. The van der Waals surface area contributed by atoms with E-state index in [-0.39, 0.29) is 19.0 Å². The third-order valence-corrected chi connectivity index (χ3v) is 4.51. The molecule has 6 nitrogen and oxygen atoms in total. The maximum absolute atomic E-state index is 9.90. The van der Waals surface area contributed by atoms with Crippen molar-refractivity contribution >= 4 is 12.4 Å². The molecule has 140 valence electrons. The van der Waals surface area contributed by atoms with Crippen LogP contribution in [0.25, 0.3) is 0 Å². The van der Waals surface area contributed by atoms with E-state index in [1.807, 2.05) is 4.90 Å². The molecule has 23 heavy (non-hydrogen) atoms. The molecule has 0 aliphatic carbocycles. The number of ether oxygens (including phenoxy) is 1. The number of piperidine rings is 1. The Labute approximate surface area is 145 Å². The number of methoxy groups -OCH3 is 1. The summed E-state index contributed by atoms with van der Waals surface area (Å²) in [6, 6.07) is -0.479. The fourth-order valence-electron chi connectivity index (χ4n) is 3.08. The standard InChI is InChI=1S/C16H33NO5.ClH/c1-22-10-8-6-4-2-3-5-7-9-17-11-14(19)16(21)15(20)13(17)12-18;/h13-16,18-21H,2-12H2,1H3;1H/t13-,14+,15-,16-;/m0./s1. The quantitative estimate of drug-likeness (QED) is 0.404. The molecule has 4 N–H and O–H groups in total. The number of halogens is 1. The van der Waals surface area contributed by atoms with Crippen molar-refractivity contribution in [1.29, 1.82) is 0 Å². The summed E-state index contributed by atoms with van der Waals surface area (Å²) >= 11 is 0. The highest BCUT2D eigenvalue weighted by molar-refractivity contribution is 5.85. The maximum atomic E-state index is 9.90. The first kappa shape index (κ1) is 23.1. The largest absolute Gasteiger partial charge is 0.395 e. The van der Waals surface area contributed by atoms with Crippen molar-refractivity contribution < 1.29 is 25.2 Å². The molecule has 0 aromatic carbocycles. The number of rotatable bonds is 11. The molecule has 0 radical (unpaired) electrons. The maximum Gasteiger partial charge on any atom is 0.109 e. The van der Waals surface area contributed by atoms with Gasteiger partial charge in [0.1, 0.15) is 12.2 Å².